The second-order valence-corrected chi connectivity index (χ2v) is 4.14. The Bertz CT molecular complexity index is 392. The number of amides is 1. The predicted octanol–water partition coefficient (Wildman–Crippen LogP) is 0.449. The number of phenolic OH excluding ortho intramolecular Hbond substituents is 1. The van der Waals surface area contributed by atoms with E-state index < -0.39 is 20.8 Å². The molecule has 1 aromatic rings. The van der Waals surface area contributed by atoms with Crippen LogP contribution in [-0.4, -0.2) is 29.1 Å². The van der Waals surface area contributed by atoms with Crippen LogP contribution in [0.3, 0.4) is 0 Å². The Kier molecular flexibility index (Phi) is 5.69. The summed E-state index contributed by atoms with van der Waals surface area (Å²) in [5, 5.41) is 11.6. The summed E-state index contributed by atoms with van der Waals surface area (Å²) in [5.41, 5.74) is 0.972. The molecule has 0 saturated heterocycles. The second-order valence-electron chi connectivity index (χ2n) is 3.32. The fourth-order valence-corrected chi connectivity index (χ4v) is 1.44. The van der Waals surface area contributed by atoms with Gasteiger partial charge in [-0.2, -0.15) is 0 Å². The molecule has 3 N–H and O–H groups in total. The Morgan fingerprint density at radius 3 is 2.59 bits per heavy atom. The molecule has 6 nitrogen and oxygen atoms in total. The van der Waals surface area contributed by atoms with Crippen LogP contribution in [0, 0.1) is 0 Å². The molecule has 0 saturated carbocycles. The average Bonchev–Trinajstić information content (AvgIpc) is 2.29. The van der Waals surface area contributed by atoms with Crippen molar-refractivity contribution in [2.75, 3.05) is 13.2 Å². The molecule has 1 unspecified atom stereocenters. The van der Waals surface area contributed by atoms with Crippen molar-refractivity contribution in [2.45, 2.75) is 6.42 Å². The molecule has 0 heterocycles. The van der Waals surface area contributed by atoms with Gasteiger partial charge in [0.25, 0.3) is 0 Å². The molecular weight excluding hydrogens is 245 g/mol. The van der Waals surface area contributed by atoms with Crippen LogP contribution in [-0.2, 0) is 20.3 Å². The SMILES string of the molecule is O=C(CO[PH](=O)O)NCCc1ccc(O)cc1. The molecule has 1 aromatic carbocycles. The van der Waals surface area contributed by atoms with E-state index in [0.717, 1.165) is 5.56 Å². The maximum Gasteiger partial charge on any atom is 0.317 e. The van der Waals surface area contributed by atoms with Crippen LogP contribution < -0.4 is 5.32 Å². The van der Waals surface area contributed by atoms with Crippen molar-refractivity contribution in [2.24, 2.45) is 0 Å². The summed E-state index contributed by atoms with van der Waals surface area (Å²) in [6.45, 7) is -0.0107. The van der Waals surface area contributed by atoms with Gasteiger partial charge in [0, 0.05) is 6.54 Å². The zero-order valence-corrected chi connectivity index (χ0v) is 10.0. The minimum absolute atomic E-state index is 0.194. The smallest absolute Gasteiger partial charge is 0.317 e. The van der Waals surface area contributed by atoms with Crippen molar-refractivity contribution in [3.05, 3.63) is 29.8 Å². The molecule has 0 radical (unpaired) electrons. The summed E-state index contributed by atoms with van der Waals surface area (Å²) >= 11 is 0. The van der Waals surface area contributed by atoms with E-state index in [9.17, 15) is 9.36 Å². The third kappa shape index (κ3) is 6.06. The first kappa shape index (κ1) is 13.7. The Hall–Kier alpha value is -1.36. The van der Waals surface area contributed by atoms with Gasteiger partial charge in [-0.15, -0.1) is 0 Å². The number of carbonyl (C=O) groups is 1. The third-order valence-electron chi connectivity index (χ3n) is 2.00. The number of phenols is 1. The summed E-state index contributed by atoms with van der Waals surface area (Å²) < 4.78 is 14.5. The molecule has 0 aliphatic rings. The lowest BCUT2D eigenvalue weighted by Crippen LogP contribution is -2.28. The molecule has 0 aliphatic carbocycles. The van der Waals surface area contributed by atoms with Gasteiger partial charge in [-0.05, 0) is 24.1 Å². The summed E-state index contributed by atoms with van der Waals surface area (Å²) in [6.07, 6.45) is 0.611. The molecule has 0 bridgehead atoms. The molecule has 1 amide bonds. The fraction of sp³-hybridized carbons (Fsp3) is 0.300. The Morgan fingerprint density at radius 1 is 1.35 bits per heavy atom. The molecule has 0 aromatic heterocycles. The van der Waals surface area contributed by atoms with Crippen LogP contribution in [0.4, 0.5) is 0 Å². The number of nitrogens with one attached hydrogen (secondary N) is 1. The molecule has 1 atom stereocenters. The van der Waals surface area contributed by atoms with E-state index in [1.165, 1.54) is 0 Å². The topological polar surface area (TPSA) is 95.9 Å². The summed E-state index contributed by atoms with van der Waals surface area (Å²) in [7, 11) is -3.05. The maximum absolute atomic E-state index is 11.1. The van der Waals surface area contributed by atoms with E-state index in [-0.39, 0.29) is 5.75 Å². The summed E-state index contributed by atoms with van der Waals surface area (Å²) in [4.78, 5) is 19.4. The standard InChI is InChI=1S/C10H14NO5P/c12-9-3-1-8(2-4-9)5-6-11-10(13)7-16-17(14)15/h1-4,12,17H,5-7H2,(H,11,13)(H,14,15). The Morgan fingerprint density at radius 2 is 2.00 bits per heavy atom. The van der Waals surface area contributed by atoms with Gasteiger partial charge in [-0.25, -0.2) is 0 Å². The second kappa shape index (κ2) is 7.06. The quantitative estimate of drug-likeness (QED) is 0.644. The number of aromatic hydroxyl groups is 1. The van der Waals surface area contributed by atoms with Gasteiger partial charge in [-0.1, -0.05) is 12.1 Å². The Labute approximate surface area is 99.2 Å². The van der Waals surface area contributed by atoms with Crippen molar-refractivity contribution in [1.82, 2.24) is 5.32 Å². The lowest BCUT2D eigenvalue weighted by atomic mass is 10.1. The number of benzene rings is 1. The lowest BCUT2D eigenvalue weighted by molar-refractivity contribution is -0.123. The van der Waals surface area contributed by atoms with Crippen LogP contribution in [0.25, 0.3) is 0 Å². The van der Waals surface area contributed by atoms with Crippen LogP contribution >= 0.6 is 8.25 Å². The highest BCUT2D eigenvalue weighted by Gasteiger charge is 2.02. The zero-order chi connectivity index (χ0) is 12.7. The van der Waals surface area contributed by atoms with Gasteiger partial charge in [-0.3, -0.25) is 9.36 Å². The highest BCUT2D eigenvalue weighted by atomic mass is 31.1. The van der Waals surface area contributed by atoms with E-state index in [0.29, 0.717) is 13.0 Å². The largest absolute Gasteiger partial charge is 0.508 e. The highest BCUT2D eigenvalue weighted by molar-refractivity contribution is 7.32. The molecule has 7 heteroatoms. The minimum atomic E-state index is -3.05. The predicted molar refractivity (Wildman–Crippen MR) is 62.0 cm³/mol. The van der Waals surface area contributed by atoms with Gasteiger partial charge < -0.3 is 19.8 Å². The molecule has 94 valence electrons. The molecule has 17 heavy (non-hydrogen) atoms. The van der Waals surface area contributed by atoms with Gasteiger partial charge in [0.2, 0.25) is 5.91 Å². The van der Waals surface area contributed by atoms with E-state index in [2.05, 4.69) is 9.84 Å². The van der Waals surface area contributed by atoms with E-state index in [4.69, 9.17) is 10.00 Å². The lowest BCUT2D eigenvalue weighted by Gasteiger charge is -2.05. The first-order chi connectivity index (χ1) is 8.08. The first-order valence-corrected chi connectivity index (χ1v) is 6.24. The number of hydrogen-bond acceptors (Lipinski definition) is 4. The molecule has 0 aliphatic heterocycles. The van der Waals surface area contributed by atoms with E-state index in [1.807, 2.05) is 0 Å². The van der Waals surface area contributed by atoms with Gasteiger partial charge >= 0.3 is 8.25 Å². The minimum Gasteiger partial charge on any atom is -0.508 e. The number of carbonyl (C=O) groups excluding carboxylic acids is 1. The van der Waals surface area contributed by atoms with Gasteiger partial charge in [0.05, 0.1) is 0 Å². The number of hydrogen-bond donors (Lipinski definition) is 3. The molecule has 0 spiro atoms. The maximum atomic E-state index is 11.1. The fourth-order valence-electron chi connectivity index (χ4n) is 1.19. The van der Waals surface area contributed by atoms with Crippen LogP contribution in [0.1, 0.15) is 5.56 Å². The monoisotopic (exact) mass is 259 g/mol. The van der Waals surface area contributed by atoms with Gasteiger partial charge in [0.15, 0.2) is 0 Å². The zero-order valence-electron chi connectivity index (χ0n) is 9.05. The normalized spacial score (nSPS) is 12.1. The van der Waals surface area contributed by atoms with E-state index in [1.54, 1.807) is 24.3 Å². The summed E-state index contributed by atoms with van der Waals surface area (Å²) in [6, 6.07) is 6.64. The van der Waals surface area contributed by atoms with Crippen LogP contribution in [0.15, 0.2) is 24.3 Å². The highest BCUT2D eigenvalue weighted by Crippen LogP contribution is 2.13. The molecular formula is C10H14NO5P. The van der Waals surface area contributed by atoms with Crippen molar-refractivity contribution in [3.8, 4) is 5.75 Å². The van der Waals surface area contributed by atoms with Crippen molar-refractivity contribution >= 4 is 14.2 Å². The molecule has 0 fully saturated rings. The van der Waals surface area contributed by atoms with Crippen molar-refractivity contribution < 1.29 is 23.9 Å². The third-order valence-corrected chi connectivity index (χ3v) is 2.39. The van der Waals surface area contributed by atoms with Crippen LogP contribution in [0.5, 0.6) is 5.75 Å². The summed E-state index contributed by atoms with van der Waals surface area (Å²) in [5.74, 6) is -0.240. The van der Waals surface area contributed by atoms with Gasteiger partial charge in [0.1, 0.15) is 12.4 Å². The number of rotatable bonds is 6. The average molecular weight is 259 g/mol. The van der Waals surface area contributed by atoms with E-state index >= 15 is 0 Å². The van der Waals surface area contributed by atoms with Crippen LogP contribution in [0.2, 0.25) is 0 Å². The van der Waals surface area contributed by atoms with Crippen molar-refractivity contribution in [3.63, 3.8) is 0 Å². The Balaban J connectivity index is 2.21. The molecule has 1 rings (SSSR count). The first-order valence-electron chi connectivity index (χ1n) is 4.98. The van der Waals surface area contributed by atoms with Crippen molar-refractivity contribution in [1.29, 1.82) is 0 Å².